The third-order valence-electron chi connectivity index (χ3n) is 8.38. The Kier molecular flexibility index (Phi) is 8.92. The van der Waals surface area contributed by atoms with Gasteiger partial charge in [-0.2, -0.15) is 0 Å². The first-order valence-corrected chi connectivity index (χ1v) is 14.6. The Morgan fingerprint density at radius 1 is 1.07 bits per heavy atom. The number of rotatable bonds is 9. The molecule has 1 aliphatic carbocycles. The zero-order chi connectivity index (χ0) is 30.0. The Morgan fingerprint density at radius 3 is 2.45 bits per heavy atom. The molecule has 7 nitrogen and oxygen atoms in total. The lowest BCUT2D eigenvalue weighted by Crippen LogP contribution is -2.39. The molecule has 2 aliphatic rings. The number of hydrogen-bond acceptors (Lipinski definition) is 6. The van der Waals surface area contributed by atoms with Crippen molar-refractivity contribution in [1.29, 1.82) is 0 Å². The number of aliphatic hydroxyl groups excluding tert-OH is 2. The lowest BCUT2D eigenvalue weighted by atomic mass is 9.66. The number of para-hydroxylation sites is 1. The van der Waals surface area contributed by atoms with E-state index in [4.69, 9.17) is 11.6 Å². The lowest BCUT2D eigenvalue weighted by molar-refractivity contribution is -0.123. The summed E-state index contributed by atoms with van der Waals surface area (Å²) in [6, 6.07) is 19.2. The van der Waals surface area contributed by atoms with Crippen molar-refractivity contribution in [1.82, 2.24) is 4.98 Å². The molecule has 5 rings (SSSR count). The summed E-state index contributed by atoms with van der Waals surface area (Å²) < 4.78 is 0. The molecule has 1 fully saturated rings. The highest BCUT2D eigenvalue weighted by Crippen LogP contribution is 2.49. The van der Waals surface area contributed by atoms with Gasteiger partial charge in [-0.1, -0.05) is 55.3 Å². The molecule has 2 aromatic carbocycles. The number of amides is 2. The number of aliphatic hydroxyl groups is 2. The second-order valence-electron chi connectivity index (χ2n) is 11.3. The zero-order valence-corrected chi connectivity index (χ0v) is 24.4. The summed E-state index contributed by atoms with van der Waals surface area (Å²) in [5, 5.41) is 32.5. The van der Waals surface area contributed by atoms with E-state index in [1.54, 1.807) is 42.6 Å². The first-order valence-electron chi connectivity index (χ1n) is 14.3. The van der Waals surface area contributed by atoms with Crippen LogP contribution in [0.3, 0.4) is 0 Å². The molecule has 4 atom stereocenters. The van der Waals surface area contributed by atoms with Crippen LogP contribution in [-0.2, 0) is 9.59 Å². The molecule has 0 spiro atoms. The van der Waals surface area contributed by atoms with E-state index < -0.39 is 23.9 Å². The van der Waals surface area contributed by atoms with Gasteiger partial charge < -0.3 is 15.3 Å². The fourth-order valence-electron chi connectivity index (χ4n) is 6.37. The van der Waals surface area contributed by atoms with Crippen LogP contribution in [0.1, 0.15) is 44.4 Å². The van der Waals surface area contributed by atoms with Crippen molar-refractivity contribution in [3.63, 3.8) is 0 Å². The van der Waals surface area contributed by atoms with E-state index >= 15 is 0 Å². The molecule has 3 aromatic rings. The van der Waals surface area contributed by atoms with Crippen LogP contribution in [0.5, 0.6) is 5.75 Å². The summed E-state index contributed by atoms with van der Waals surface area (Å²) >= 11 is 6.40. The summed E-state index contributed by atoms with van der Waals surface area (Å²) in [7, 11) is 0. The van der Waals surface area contributed by atoms with Gasteiger partial charge in [0.2, 0.25) is 11.8 Å². The van der Waals surface area contributed by atoms with Gasteiger partial charge in [0, 0.05) is 12.1 Å². The number of carbonyl (C=O) groups is 2. The Morgan fingerprint density at radius 2 is 1.81 bits per heavy atom. The highest BCUT2D eigenvalue weighted by atomic mass is 35.5. The van der Waals surface area contributed by atoms with Crippen LogP contribution in [-0.4, -0.2) is 44.8 Å². The first-order chi connectivity index (χ1) is 20.2. The summed E-state index contributed by atoms with van der Waals surface area (Å²) in [5.41, 5.74) is 4.37. The number of allylic oxidation sites excluding steroid dienone is 2. The maximum absolute atomic E-state index is 13.7. The fourth-order valence-corrected chi connectivity index (χ4v) is 6.60. The number of fused-ring (bicyclic) bond motifs is 1. The Balaban J connectivity index is 1.46. The van der Waals surface area contributed by atoms with E-state index in [1.165, 1.54) is 11.0 Å². The van der Waals surface area contributed by atoms with Crippen molar-refractivity contribution in [3.8, 4) is 5.75 Å². The SMILES string of the molecule is CC(C)C1=C([C@H](O)CC/C(=C/c2ccc(O)cc2Cl)c2ccccn2)[C@H](CO)[C@@H]2C(=O)N(c3ccccc3)C(=O)[C@@H]2C1. The van der Waals surface area contributed by atoms with Crippen LogP contribution in [0.25, 0.3) is 11.6 Å². The number of imide groups is 1. The number of pyridine rings is 1. The third kappa shape index (κ3) is 5.77. The van der Waals surface area contributed by atoms with Gasteiger partial charge in [-0.3, -0.25) is 19.5 Å². The van der Waals surface area contributed by atoms with Gasteiger partial charge in [-0.15, -0.1) is 0 Å². The van der Waals surface area contributed by atoms with Crippen LogP contribution in [0, 0.1) is 23.7 Å². The third-order valence-corrected chi connectivity index (χ3v) is 8.71. The van der Waals surface area contributed by atoms with Crippen molar-refractivity contribution in [2.75, 3.05) is 11.5 Å². The summed E-state index contributed by atoms with van der Waals surface area (Å²) in [6.07, 6.45) is 3.75. The molecule has 0 saturated carbocycles. The molecule has 3 N–H and O–H groups in total. The van der Waals surface area contributed by atoms with Crippen molar-refractivity contribution in [3.05, 3.63) is 100 Å². The van der Waals surface area contributed by atoms with Gasteiger partial charge >= 0.3 is 0 Å². The number of carbonyl (C=O) groups excluding carboxylic acids is 2. The highest BCUT2D eigenvalue weighted by molar-refractivity contribution is 6.32. The maximum Gasteiger partial charge on any atom is 0.238 e. The molecule has 2 amide bonds. The van der Waals surface area contributed by atoms with E-state index in [9.17, 15) is 24.9 Å². The summed E-state index contributed by atoms with van der Waals surface area (Å²) in [5.74, 6) is -2.50. The molecule has 1 aromatic heterocycles. The number of aromatic nitrogens is 1. The number of hydrogen-bond donors (Lipinski definition) is 3. The van der Waals surface area contributed by atoms with Gasteiger partial charge in [0.15, 0.2) is 0 Å². The van der Waals surface area contributed by atoms with Crippen molar-refractivity contribution in [2.24, 2.45) is 23.7 Å². The van der Waals surface area contributed by atoms with Crippen LogP contribution in [0.4, 0.5) is 5.69 Å². The molecule has 1 aliphatic heterocycles. The lowest BCUT2D eigenvalue weighted by Gasteiger charge is -2.38. The Hall–Kier alpha value is -3.78. The standard InChI is InChI=1S/C34H35ClN2O5/c1-20(2)25-18-26-32(34(42)37(33(26)41)23-8-4-3-5-9-23)27(19-38)31(25)30(40)14-12-22(29-10-6-7-15-36-29)16-21-11-13-24(39)17-28(21)35/h3-11,13,15-17,20,26-27,30,32,38-40H,12,14,18-19H2,1-2H3/b22-16-/t26-,27+,30-,32-/m1/s1. The number of halogens is 1. The number of nitrogens with zero attached hydrogens (tertiary/aromatic N) is 2. The normalized spacial score (nSPS) is 21.7. The quantitative estimate of drug-likeness (QED) is 0.213. The number of phenols is 1. The van der Waals surface area contributed by atoms with Crippen molar-refractivity contribution >= 4 is 40.8 Å². The second-order valence-corrected chi connectivity index (χ2v) is 11.7. The average molecular weight is 587 g/mol. The number of aromatic hydroxyl groups is 1. The van der Waals surface area contributed by atoms with Crippen LogP contribution >= 0.6 is 11.6 Å². The Labute approximate surface area is 250 Å². The van der Waals surface area contributed by atoms with Gasteiger partial charge in [-0.05, 0) is 90.4 Å². The maximum atomic E-state index is 13.7. The molecule has 0 unspecified atom stereocenters. The predicted octanol–water partition coefficient (Wildman–Crippen LogP) is 5.89. The van der Waals surface area contributed by atoms with E-state index in [0.29, 0.717) is 41.1 Å². The van der Waals surface area contributed by atoms with Gasteiger partial charge in [0.05, 0.1) is 41.0 Å². The molecular weight excluding hydrogens is 552 g/mol. The monoisotopic (exact) mass is 586 g/mol. The highest BCUT2D eigenvalue weighted by Gasteiger charge is 2.55. The van der Waals surface area contributed by atoms with E-state index in [2.05, 4.69) is 4.98 Å². The van der Waals surface area contributed by atoms with Gasteiger partial charge in [0.25, 0.3) is 0 Å². The molecule has 1 saturated heterocycles. The van der Waals surface area contributed by atoms with Gasteiger partial charge in [-0.25, -0.2) is 0 Å². The van der Waals surface area contributed by atoms with E-state index in [1.807, 2.05) is 44.2 Å². The number of anilines is 1. The molecule has 0 radical (unpaired) electrons. The molecule has 42 heavy (non-hydrogen) atoms. The largest absolute Gasteiger partial charge is 0.508 e. The zero-order valence-electron chi connectivity index (χ0n) is 23.7. The van der Waals surface area contributed by atoms with Crippen molar-refractivity contribution < 1.29 is 24.9 Å². The van der Waals surface area contributed by atoms with E-state index in [-0.39, 0.29) is 30.1 Å². The minimum Gasteiger partial charge on any atom is -0.508 e. The molecular formula is C34H35ClN2O5. The summed E-state index contributed by atoms with van der Waals surface area (Å²) in [6.45, 7) is 3.68. The molecule has 8 heteroatoms. The molecule has 0 bridgehead atoms. The first kappa shape index (κ1) is 29.7. The molecule has 218 valence electrons. The van der Waals surface area contributed by atoms with Crippen LogP contribution in [0.2, 0.25) is 5.02 Å². The number of phenolic OH excluding ortho intramolecular Hbond substituents is 1. The van der Waals surface area contributed by atoms with Crippen LogP contribution < -0.4 is 4.90 Å². The average Bonchev–Trinajstić information content (AvgIpc) is 3.24. The van der Waals surface area contributed by atoms with Crippen LogP contribution in [0.15, 0.2) is 84.1 Å². The van der Waals surface area contributed by atoms with Crippen molar-refractivity contribution in [2.45, 2.75) is 39.2 Å². The Bertz CT molecular complexity index is 1520. The number of benzene rings is 2. The predicted molar refractivity (Wildman–Crippen MR) is 163 cm³/mol. The topological polar surface area (TPSA) is 111 Å². The van der Waals surface area contributed by atoms with E-state index in [0.717, 1.165) is 16.8 Å². The minimum atomic E-state index is -0.948. The minimum absolute atomic E-state index is 0.0138. The molecule has 2 heterocycles. The smallest absolute Gasteiger partial charge is 0.238 e. The second kappa shape index (κ2) is 12.6. The summed E-state index contributed by atoms with van der Waals surface area (Å²) in [4.78, 5) is 33.0. The fraction of sp³-hybridized carbons (Fsp3) is 0.324. The van der Waals surface area contributed by atoms with Gasteiger partial charge in [0.1, 0.15) is 5.75 Å².